The third-order valence-corrected chi connectivity index (χ3v) is 11.1. The van der Waals surface area contributed by atoms with Crippen molar-refractivity contribution in [2.45, 2.75) is 245 Å². The quantitative estimate of drug-likeness (QED) is 0.0642. The lowest BCUT2D eigenvalue weighted by Gasteiger charge is -2.22. The van der Waals surface area contributed by atoms with Gasteiger partial charge in [-0.05, 0) is 44.8 Å². The number of ether oxygens (including phenoxy) is 1. The van der Waals surface area contributed by atoms with Crippen LogP contribution in [-0.2, 0) is 9.53 Å². The minimum absolute atomic E-state index is 0.00668. The van der Waals surface area contributed by atoms with E-state index in [0.717, 1.165) is 25.4 Å². The molecule has 0 aliphatic rings. The van der Waals surface area contributed by atoms with Gasteiger partial charge >= 0.3 is 0 Å². The van der Waals surface area contributed by atoms with E-state index in [9.17, 15) is 4.79 Å². The molecule has 300 valence electrons. The number of carbonyl (C=O) groups is 1. The van der Waals surface area contributed by atoms with Crippen LogP contribution < -0.4 is 5.32 Å². The Kier molecular flexibility index (Phi) is 42.3. The Morgan fingerprint density at radius 2 is 0.740 bits per heavy atom. The molecule has 0 heterocycles. The van der Waals surface area contributed by atoms with Gasteiger partial charge in [-0.15, -0.1) is 0 Å². The fraction of sp³-hybridized carbons (Fsp3) is 0.978. The Balaban J connectivity index is 4.26. The highest BCUT2D eigenvalue weighted by Gasteiger charge is 2.10. The van der Waals surface area contributed by atoms with Gasteiger partial charge in [-0.25, -0.2) is 0 Å². The molecular formula is C46H94N2O2. The van der Waals surface area contributed by atoms with Crippen LogP contribution in [0.25, 0.3) is 0 Å². The van der Waals surface area contributed by atoms with Crippen molar-refractivity contribution in [3.05, 3.63) is 0 Å². The summed E-state index contributed by atoms with van der Waals surface area (Å²) in [6.07, 6.45) is 49.5. The Morgan fingerprint density at radius 1 is 0.440 bits per heavy atom. The van der Waals surface area contributed by atoms with Gasteiger partial charge in [0.05, 0.1) is 0 Å². The minimum Gasteiger partial charge on any atom is -0.375 e. The van der Waals surface area contributed by atoms with Crippen LogP contribution in [0.4, 0.5) is 0 Å². The summed E-state index contributed by atoms with van der Waals surface area (Å²) in [5.74, 6) is 0.990. The molecule has 0 aromatic rings. The number of hydrogen-bond acceptors (Lipinski definition) is 3. The molecule has 0 saturated carbocycles. The maximum absolute atomic E-state index is 11.8. The van der Waals surface area contributed by atoms with E-state index in [4.69, 9.17) is 4.74 Å². The normalized spacial score (nSPS) is 11.7. The summed E-state index contributed by atoms with van der Waals surface area (Å²) in [5, 5.41) is 3.02. The first-order valence-electron chi connectivity index (χ1n) is 23.2. The second kappa shape index (κ2) is 42.8. The number of hydrogen-bond donors (Lipinski definition) is 1. The molecule has 50 heavy (non-hydrogen) atoms. The highest BCUT2D eigenvalue weighted by molar-refractivity contribution is 5.77. The highest BCUT2D eigenvalue weighted by atomic mass is 16.5. The molecule has 0 rings (SSSR count). The first kappa shape index (κ1) is 49.4. The Hall–Kier alpha value is -0.610. The molecule has 0 unspecified atom stereocenters. The molecule has 1 N–H and O–H groups in total. The fourth-order valence-corrected chi connectivity index (χ4v) is 7.74. The van der Waals surface area contributed by atoms with E-state index in [2.05, 4.69) is 31.0 Å². The van der Waals surface area contributed by atoms with Gasteiger partial charge in [0.2, 0.25) is 5.91 Å². The number of methoxy groups -OCH3 is 1. The first-order chi connectivity index (χ1) is 24.7. The summed E-state index contributed by atoms with van der Waals surface area (Å²) in [5.41, 5.74) is 0. The van der Waals surface area contributed by atoms with Crippen LogP contribution in [0.1, 0.15) is 245 Å². The van der Waals surface area contributed by atoms with Crippen LogP contribution in [0.2, 0.25) is 0 Å². The van der Waals surface area contributed by atoms with Crippen molar-refractivity contribution in [3.63, 3.8) is 0 Å². The average molecular weight is 707 g/mol. The van der Waals surface area contributed by atoms with Crippen LogP contribution in [0.15, 0.2) is 0 Å². The summed E-state index contributed by atoms with van der Waals surface area (Å²) in [7, 11) is 1.59. The molecule has 0 bridgehead atoms. The molecule has 4 nitrogen and oxygen atoms in total. The van der Waals surface area contributed by atoms with Crippen molar-refractivity contribution in [1.82, 2.24) is 10.2 Å². The molecule has 0 radical (unpaired) electrons. The zero-order chi connectivity index (χ0) is 36.4. The van der Waals surface area contributed by atoms with Gasteiger partial charge in [-0.2, -0.15) is 0 Å². The summed E-state index contributed by atoms with van der Waals surface area (Å²) in [6, 6.07) is 0. The molecular weight excluding hydrogens is 613 g/mol. The predicted octanol–water partition coefficient (Wildman–Crippen LogP) is 14.4. The lowest BCUT2D eigenvalue weighted by molar-refractivity contribution is -0.124. The summed E-state index contributed by atoms with van der Waals surface area (Å²) in [4.78, 5) is 14.5. The summed E-state index contributed by atoms with van der Waals surface area (Å²) >= 11 is 0. The fourth-order valence-electron chi connectivity index (χ4n) is 7.74. The van der Waals surface area contributed by atoms with E-state index in [0.29, 0.717) is 0 Å². The van der Waals surface area contributed by atoms with Crippen molar-refractivity contribution in [2.24, 2.45) is 5.92 Å². The second-order valence-corrected chi connectivity index (χ2v) is 16.1. The Bertz CT molecular complexity index is 626. The smallest absolute Gasteiger partial charge is 0.245 e. The summed E-state index contributed by atoms with van der Waals surface area (Å²) in [6.45, 7) is 11.4. The predicted molar refractivity (Wildman–Crippen MR) is 223 cm³/mol. The monoisotopic (exact) mass is 707 g/mol. The average Bonchev–Trinajstić information content (AvgIpc) is 3.12. The summed E-state index contributed by atoms with van der Waals surface area (Å²) < 4.78 is 4.97. The van der Waals surface area contributed by atoms with E-state index in [-0.39, 0.29) is 12.5 Å². The minimum atomic E-state index is 0.00668. The number of nitrogens with one attached hydrogen (secondary N) is 1. The van der Waals surface area contributed by atoms with Crippen LogP contribution in [0.5, 0.6) is 0 Å². The zero-order valence-electron chi connectivity index (χ0n) is 35.1. The van der Waals surface area contributed by atoms with Gasteiger partial charge in [-0.1, -0.05) is 226 Å². The molecule has 0 saturated heterocycles. The molecule has 0 aliphatic heterocycles. The van der Waals surface area contributed by atoms with Gasteiger partial charge in [0.1, 0.15) is 6.61 Å². The largest absolute Gasteiger partial charge is 0.375 e. The van der Waals surface area contributed by atoms with Crippen molar-refractivity contribution in [2.75, 3.05) is 39.9 Å². The van der Waals surface area contributed by atoms with Crippen molar-refractivity contribution in [1.29, 1.82) is 0 Å². The van der Waals surface area contributed by atoms with Crippen molar-refractivity contribution >= 4 is 5.91 Å². The van der Waals surface area contributed by atoms with Crippen LogP contribution >= 0.6 is 0 Å². The van der Waals surface area contributed by atoms with Gasteiger partial charge in [0, 0.05) is 13.7 Å². The lowest BCUT2D eigenvalue weighted by atomic mass is 9.89. The van der Waals surface area contributed by atoms with Gasteiger partial charge < -0.3 is 15.0 Å². The molecule has 0 fully saturated rings. The first-order valence-corrected chi connectivity index (χ1v) is 23.2. The molecule has 1 amide bonds. The third-order valence-electron chi connectivity index (χ3n) is 11.1. The Morgan fingerprint density at radius 3 is 1.08 bits per heavy atom. The van der Waals surface area contributed by atoms with Crippen molar-refractivity contribution < 1.29 is 9.53 Å². The Labute approximate surface area is 316 Å². The molecule has 4 heteroatoms. The lowest BCUT2D eigenvalue weighted by Crippen LogP contribution is -2.32. The molecule has 0 aromatic carbocycles. The van der Waals surface area contributed by atoms with E-state index >= 15 is 0 Å². The maximum atomic E-state index is 11.8. The molecule has 0 spiro atoms. The van der Waals surface area contributed by atoms with Crippen LogP contribution in [0, 0.1) is 5.92 Å². The topological polar surface area (TPSA) is 41.6 Å². The highest BCUT2D eigenvalue weighted by Crippen LogP contribution is 2.25. The standard InChI is InChI=1S/C46H94N2O2/c1-5-8-11-14-17-18-19-20-21-22-23-24-29-34-41-48(43-36-40-47-46(49)44-50-4)42-35-30-25-28-33-39-45(37-31-26-15-12-9-6-2)38-32-27-16-13-10-7-3/h45H,5-44H2,1-4H3,(H,47,49). The van der Waals surface area contributed by atoms with E-state index < -0.39 is 0 Å². The van der Waals surface area contributed by atoms with E-state index in [1.807, 2.05) is 0 Å². The number of rotatable bonds is 43. The zero-order valence-corrected chi connectivity index (χ0v) is 35.1. The number of unbranched alkanes of at least 4 members (excludes halogenated alkanes) is 27. The van der Waals surface area contributed by atoms with Crippen LogP contribution in [0.3, 0.4) is 0 Å². The van der Waals surface area contributed by atoms with Gasteiger partial charge in [0.15, 0.2) is 0 Å². The van der Waals surface area contributed by atoms with E-state index in [1.54, 1.807) is 7.11 Å². The van der Waals surface area contributed by atoms with E-state index in [1.165, 1.54) is 231 Å². The number of carbonyl (C=O) groups excluding carboxylic acids is 1. The van der Waals surface area contributed by atoms with Gasteiger partial charge in [0.25, 0.3) is 0 Å². The molecule has 0 aliphatic carbocycles. The van der Waals surface area contributed by atoms with Crippen molar-refractivity contribution in [3.8, 4) is 0 Å². The number of amides is 1. The number of nitrogens with zero attached hydrogens (tertiary/aromatic N) is 1. The SMILES string of the molecule is CCCCCCCCCCCCCCCCN(CCCCCCCC(CCCCCCCC)CCCCCCCC)CCCNC(=O)COC. The third kappa shape index (κ3) is 38.6. The van der Waals surface area contributed by atoms with Gasteiger partial charge in [-0.3, -0.25) is 4.79 Å². The van der Waals surface area contributed by atoms with Crippen LogP contribution in [-0.4, -0.2) is 50.7 Å². The maximum Gasteiger partial charge on any atom is 0.245 e. The molecule has 0 aromatic heterocycles. The molecule has 0 atom stereocenters. The second-order valence-electron chi connectivity index (χ2n) is 16.1.